The predicted molar refractivity (Wildman–Crippen MR) is 133 cm³/mol. The number of carbonyl (C=O) groups excluding carboxylic acids is 2. The van der Waals surface area contributed by atoms with Crippen LogP contribution in [0, 0.1) is 16.7 Å². The lowest BCUT2D eigenvalue weighted by Gasteiger charge is -2.54. The number of hydrogen-bond donors (Lipinski definition) is 2. The molecule has 1 aromatic rings. The first-order chi connectivity index (χ1) is 16.0. The summed E-state index contributed by atoms with van der Waals surface area (Å²) >= 11 is 0. The Morgan fingerprint density at radius 3 is 2.76 bits per heavy atom. The van der Waals surface area contributed by atoms with E-state index in [2.05, 4.69) is 10.3 Å². The van der Waals surface area contributed by atoms with Gasteiger partial charge in [-0.1, -0.05) is 18.6 Å². The molecule has 2 fully saturated rings. The average Bonchev–Trinajstić information content (AvgIpc) is 2.74. The molecule has 2 saturated carbocycles. The van der Waals surface area contributed by atoms with Crippen molar-refractivity contribution in [1.82, 2.24) is 4.90 Å². The number of hydrogen-bond acceptors (Lipinski definition) is 4. The molecular formula is C26H33N5O2. The summed E-state index contributed by atoms with van der Waals surface area (Å²) in [6.07, 6.45) is 14.2. The van der Waals surface area contributed by atoms with E-state index in [9.17, 15) is 9.59 Å². The van der Waals surface area contributed by atoms with Crippen LogP contribution in [-0.4, -0.2) is 42.4 Å². The highest BCUT2D eigenvalue weighted by molar-refractivity contribution is 6.02. The third kappa shape index (κ3) is 4.77. The number of allylic oxidation sites excluding steroid dienone is 1. The number of amides is 3. The van der Waals surface area contributed by atoms with Gasteiger partial charge < -0.3 is 15.6 Å². The van der Waals surface area contributed by atoms with Crippen molar-refractivity contribution < 1.29 is 9.59 Å². The number of rotatable bonds is 8. The van der Waals surface area contributed by atoms with Crippen LogP contribution in [0.5, 0.6) is 0 Å². The second-order valence-electron chi connectivity index (χ2n) is 9.32. The first kappa shape index (κ1) is 23.0. The molecule has 3 aliphatic rings. The van der Waals surface area contributed by atoms with Gasteiger partial charge in [-0.2, -0.15) is 0 Å². The van der Waals surface area contributed by atoms with Crippen LogP contribution in [-0.2, 0) is 4.79 Å². The van der Waals surface area contributed by atoms with Crippen LogP contribution < -0.4 is 10.2 Å². The van der Waals surface area contributed by atoms with Gasteiger partial charge >= 0.3 is 6.03 Å². The molecule has 0 unspecified atom stereocenters. The van der Waals surface area contributed by atoms with Crippen molar-refractivity contribution in [2.24, 2.45) is 16.3 Å². The fraction of sp³-hybridized carbons (Fsp3) is 0.462. The van der Waals surface area contributed by atoms with Gasteiger partial charge in [-0.05, 0) is 81.6 Å². The van der Waals surface area contributed by atoms with Gasteiger partial charge in [0, 0.05) is 30.2 Å². The molecule has 4 rings (SSSR count). The Kier molecular flexibility index (Phi) is 6.77. The largest absolute Gasteiger partial charge is 0.330 e. The van der Waals surface area contributed by atoms with Crippen molar-refractivity contribution in [3.05, 3.63) is 47.8 Å². The van der Waals surface area contributed by atoms with E-state index < -0.39 is 0 Å². The van der Waals surface area contributed by atoms with Gasteiger partial charge in [0.15, 0.2) is 0 Å². The number of likely N-dealkylation sites (N-methyl/N-ethyl adjacent to an activating group) is 1. The maximum absolute atomic E-state index is 13.1. The number of anilines is 2. The van der Waals surface area contributed by atoms with E-state index in [-0.39, 0.29) is 11.9 Å². The lowest BCUT2D eigenvalue weighted by Crippen LogP contribution is -2.48. The summed E-state index contributed by atoms with van der Waals surface area (Å²) in [5.74, 6) is 0.986. The summed E-state index contributed by atoms with van der Waals surface area (Å²) in [7, 11) is 0. The Balaban J connectivity index is 1.44. The molecule has 0 radical (unpaired) electrons. The molecule has 0 aromatic heterocycles. The van der Waals surface area contributed by atoms with Crippen LogP contribution in [0.2, 0.25) is 0 Å². The molecule has 1 spiro atoms. The van der Waals surface area contributed by atoms with E-state index in [1.807, 2.05) is 19.1 Å². The van der Waals surface area contributed by atoms with Gasteiger partial charge in [0.1, 0.15) is 5.82 Å². The number of urea groups is 1. The highest BCUT2D eigenvalue weighted by atomic mass is 16.2. The van der Waals surface area contributed by atoms with Gasteiger partial charge in [-0.3, -0.25) is 4.79 Å². The normalized spacial score (nSPS) is 20.5. The zero-order valence-corrected chi connectivity index (χ0v) is 19.5. The van der Waals surface area contributed by atoms with Crippen molar-refractivity contribution in [2.75, 3.05) is 23.3 Å². The monoisotopic (exact) mass is 447 g/mol. The molecule has 1 heterocycles. The third-order valence-corrected chi connectivity index (χ3v) is 7.10. The van der Waals surface area contributed by atoms with Crippen molar-refractivity contribution in [3.8, 4) is 0 Å². The zero-order chi connectivity index (χ0) is 23.4. The minimum Gasteiger partial charge on any atom is -0.322 e. The van der Waals surface area contributed by atoms with Crippen LogP contribution in [0.25, 0.3) is 0 Å². The van der Waals surface area contributed by atoms with E-state index in [4.69, 9.17) is 5.41 Å². The fourth-order valence-corrected chi connectivity index (χ4v) is 5.26. The number of carbonyl (C=O) groups is 2. The molecule has 0 atom stereocenters. The molecule has 7 heteroatoms. The molecule has 3 amide bonds. The van der Waals surface area contributed by atoms with E-state index >= 15 is 0 Å². The van der Waals surface area contributed by atoms with Crippen molar-refractivity contribution in [3.63, 3.8) is 0 Å². The molecule has 2 N–H and O–H groups in total. The third-order valence-electron chi connectivity index (χ3n) is 7.10. The van der Waals surface area contributed by atoms with Crippen molar-refractivity contribution in [2.45, 2.75) is 52.4 Å². The first-order valence-corrected chi connectivity index (χ1v) is 11.9. The maximum Gasteiger partial charge on any atom is 0.330 e. The van der Waals surface area contributed by atoms with Gasteiger partial charge in [0.25, 0.3) is 0 Å². The number of benzene rings is 1. The standard InChI is InChI=1S/C26H33N5O2/c1-3-28-24-20(17-27)18-30(4-2)25(33)31(24)22-10-6-9-21(14-22)29-23(32)11-5-8-19-15-26(16-19)12-7-13-26/h3,5-6,9-11,14,17,19,27H,4,7-8,12-13,15-16,18H2,1-2H3,(H,29,32)/b11-5+,27-17?,28-3+. The Morgan fingerprint density at radius 2 is 2.12 bits per heavy atom. The molecule has 0 bridgehead atoms. The van der Waals surface area contributed by atoms with Crippen molar-refractivity contribution >= 4 is 35.7 Å². The molecule has 1 aromatic carbocycles. The zero-order valence-electron chi connectivity index (χ0n) is 19.5. The molecule has 7 nitrogen and oxygen atoms in total. The first-order valence-electron chi connectivity index (χ1n) is 11.9. The van der Waals surface area contributed by atoms with E-state index in [1.165, 1.54) is 43.2 Å². The Labute approximate surface area is 195 Å². The van der Waals surface area contributed by atoms with Crippen LogP contribution in [0.1, 0.15) is 52.4 Å². The molecule has 174 valence electrons. The smallest absolute Gasteiger partial charge is 0.322 e. The van der Waals surface area contributed by atoms with E-state index in [1.54, 1.807) is 42.3 Å². The molecule has 33 heavy (non-hydrogen) atoms. The quantitative estimate of drug-likeness (QED) is 0.415. The summed E-state index contributed by atoms with van der Waals surface area (Å²) in [6, 6.07) is 6.98. The Bertz CT molecular complexity index is 1010. The highest BCUT2D eigenvalue weighted by Crippen LogP contribution is 2.59. The van der Waals surface area contributed by atoms with Crippen LogP contribution in [0.3, 0.4) is 0 Å². The SMILES string of the molecule is C/C=N/C1=C(C=N)CN(CC)C(=O)N1c1cccc(NC(=O)/C=C/CC2CC3(CCC3)C2)c1. The summed E-state index contributed by atoms with van der Waals surface area (Å²) in [4.78, 5) is 33.1. The summed E-state index contributed by atoms with van der Waals surface area (Å²) in [5, 5.41) is 10.7. The topological polar surface area (TPSA) is 88.9 Å². The maximum atomic E-state index is 13.1. The Hall–Kier alpha value is -3.22. The number of nitrogens with one attached hydrogen (secondary N) is 2. The van der Waals surface area contributed by atoms with E-state index in [0.717, 1.165) is 12.3 Å². The minimum absolute atomic E-state index is 0.174. The number of nitrogens with zero attached hydrogens (tertiary/aromatic N) is 3. The molecule has 2 aliphatic carbocycles. The van der Waals surface area contributed by atoms with Crippen LogP contribution >= 0.6 is 0 Å². The highest BCUT2D eigenvalue weighted by Gasteiger charge is 2.47. The van der Waals surface area contributed by atoms with Crippen molar-refractivity contribution in [1.29, 1.82) is 5.41 Å². The van der Waals surface area contributed by atoms with E-state index in [0.29, 0.717) is 41.3 Å². The van der Waals surface area contributed by atoms with Gasteiger partial charge in [0.2, 0.25) is 5.91 Å². The van der Waals surface area contributed by atoms with Crippen LogP contribution in [0.4, 0.5) is 16.2 Å². The summed E-state index contributed by atoms with van der Waals surface area (Å²) in [5.41, 5.74) is 2.52. The minimum atomic E-state index is -0.197. The lowest BCUT2D eigenvalue weighted by atomic mass is 9.51. The van der Waals surface area contributed by atoms with Gasteiger partial charge in [-0.15, -0.1) is 0 Å². The summed E-state index contributed by atoms with van der Waals surface area (Å²) < 4.78 is 0. The molecule has 1 aliphatic heterocycles. The van der Waals surface area contributed by atoms with Crippen LogP contribution in [0.15, 0.2) is 52.8 Å². The second-order valence-corrected chi connectivity index (χ2v) is 9.32. The van der Waals surface area contributed by atoms with Gasteiger partial charge in [-0.25, -0.2) is 14.7 Å². The lowest BCUT2D eigenvalue weighted by molar-refractivity contribution is -0.111. The molecular weight excluding hydrogens is 414 g/mol. The second kappa shape index (κ2) is 9.73. The van der Waals surface area contributed by atoms with Gasteiger partial charge in [0.05, 0.1) is 12.2 Å². The predicted octanol–water partition coefficient (Wildman–Crippen LogP) is 5.37. The Morgan fingerprint density at radius 1 is 1.33 bits per heavy atom. The number of aliphatic imine (C=N–C) groups is 1. The summed E-state index contributed by atoms with van der Waals surface area (Å²) in [6.45, 7) is 4.57. The average molecular weight is 448 g/mol. The fourth-order valence-electron chi connectivity index (χ4n) is 5.26. The molecule has 0 saturated heterocycles.